The van der Waals surface area contributed by atoms with Gasteiger partial charge in [0, 0.05) is 43.3 Å². The number of ether oxygens (including phenoxy) is 1. The molecule has 2 saturated heterocycles. The average Bonchev–Trinajstić information content (AvgIpc) is 3.08. The molecular weight excluding hydrogens is 346 g/mol. The van der Waals surface area contributed by atoms with E-state index < -0.39 is 0 Å². The van der Waals surface area contributed by atoms with Crippen LogP contribution in [0.1, 0.15) is 23.3 Å². The molecule has 1 unspecified atom stereocenters. The monoisotopic (exact) mass is 373 g/mol. The number of rotatable bonds is 5. The molecule has 0 bridgehead atoms. The van der Waals surface area contributed by atoms with Crippen molar-refractivity contribution in [3.63, 3.8) is 0 Å². The molecule has 0 aromatic carbocycles. The molecule has 0 radical (unpaired) electrons. The van der Waals surface area contributed by atoms with Crippen molar-refractivity contribution in [3.8, 4) is 0 Å². The minimum Gasteiger partial charge on any atom is -0.378 e. The van der Waals surface area contributed by atoms with Crippen LogP contribution in [0.2, 0.25) is 0 Å². The second-order valence-corrected chi connectivity index (χ2v) is 8.09. The van der Waals surface area contributed by atoms with Gasteiger partial charge in [0.05, 0.1) is 13.2 Å². The minimum atomic E-state index is 0.441. The number of hydrogen-bond donors (Lipinski definition) is 1. The number of aryl methyl sites for hydroxylation is 1. The highest BCUT2D eigenvalue weighted by Gasteiger charge is 2.21. The predicted molar refractivity (Wildman–Crippen MR) is 106 cm³/mol. The van der Waals surface area contributed by atoms with Crippen LogP contribution in [0.5, 0.6) is 0 Å². The quantitative estimate of drug-likeness (QED) is 0.870. The van der Waals surface area contributed by atoms with Gasteiger partial charge in [-0.05, 0) is 49.4 Å². The van der Waals surface area contributed by atoms with Crippen LogP contribution in [0.15, 0.2) is 23.7 Å². The van der Waals surface area contributed by atoms with Gasteiger partial charge in [-0.25, -0.2) is 4.98 Å². The van der Waals surface area contributed by atoms with Crippen molar-refractivity contribution < 1.29 is 4.74 Å². The van der Waals surface area contributed by atoms with Crippen LogP contribution < -0.4 is 10.2 Å². The Morgan fingerprint density at radius 3 is 2.96 bits per heavy atom. The first-order valence-electron chi connectivity index (χ1n) is 9.45. The van der Waals surface area contributed by atoms with Gasteiger partial charge >= 0.3 is 0 Å². The van der Waals surface area contributed by atoms with E-state index >= 15 is 0 Å². The number of piperidine rings is 1. The summed E-state index contributed by atoms with van der Waals surface area (Å²) in [5.41, 5.74) is 1.41. The summed E-state index contributed by atoms with van der Waals surface area (Å²) in [5.74, 6) is 1.74. The summed E-state index contributed by atoms with van der Waals surface area (Å²) in [7, 11) is 0. The van der Waals surface area contributed by atoms with Crippen LogP contribution in [0.4, 0.5) is 11.8 Å². The summed E-state index contributed by atoms with van der Waals surface area (Å²) in [6, 6.07) is 4.64. The highest BCUT2D eigenvalue weighted by atomic mass is 32.1. The number of likely N-dealkylation sites (tertiary alicyclic amines) is 1. The highest BCUT2D eigenvalue weighted by molar-refractivity contribution is 7.10. The molecule has 0 saturated carbocycles. The van der Waals surface area contributed by atoms with Gasteiger partial charge in [-0.15, -0.1) is 11.3 Å². The van der Waals surface area contributed by atoms with Gasteiger partial charge < -0.3 is 15.0 Å². The van der Waals surface area contributed by atoms with Crippen molar-refractivity contribution in [2.24, 2.45) is 0 Å². The minimum absolute atomic E-state index is 0.441. The van der Waals surface area contributed by atoms with Gasteiger partial charge in [-0.2, -0.15) is 4.98 Å². The Kier molecular flexibility index (Phi) is 5.67. The lowest BCUT2D eigenvalue weighted by Crippen LogP contribution is -2.42. The van der Waals surface area contributed by atoms with Gasteiger partial charge in [-0.3, -0.25) is 4.90 Å². The Bertz CT molecular complexity index is 715. The maximum atomic E-state index is 5.42. The first kappa shape index (κ1) is 17.7. The second-order valence-electron chi connectivity index (χ2n) is 7.09. The third-order valence-electron chi connectivity index (χ3n) is 5.13. The van der Waals surface area contributed by atoms with Crippen LogP contribution in [0.3, 0.4) is 0 Å². The zero-order valence-electron chi connectivity index (χ0n) is 15.4. The van der Waals surface area contributed by atoms with Crippen molar-refractivity contribution in [2.75, 3.05) is 49.6 Å². The fraction of sp³-hybridized carbons (Fsp3) is 0.579. The highest BCUT2D eigenvalue weighted by Crippen LogP contribution is 2.22. The average molecular weight is 374 g/mol. The Balaban J connectivity index is 1.36. The van der Waals surface area contributed by atoms with Crippen molar-refractivity contribution in [1.29, 1.82) is 0 Å². The van der Waals surface area contributed by atoms with E-state index in [-0.39, 0.29) is 0 Å². The van der Waals surface area contributed by atoms with Gasteiger partial charge in [-0.1, -0.05) is 0 Å². The fourth-order valence-electron chi connectivity index (χ4n) is 3.64. The zero-order valence-corrected chi connectivity index (χ0v) is 16.2. The first-order valence-corrected chi connectivity index (χ1v) is 10.3. The molecule has 2 aromatic rings. The molecule has 2 aromatic heterocycles. The maximum absolute atomic E-state index is 5.42. The molecule has 0 aliphatic carbocycles. The van der Waals surface area contributed by atoms with Gasteiger partial charge in [0.2, 0.25) is 5.95 Å². The maximum Gasteiger partial charge on any atom is 0.227 e. The van der Waals surface area contributed by atoms with E-state index in [2.05, 4.69) is 38.5 Å². The van der Waals surface area contributed by atoms with Crippen LogP contribution in [-0.4, -0.2) is 60.3 Å². The standard InChI is InChI=1S/C19H27N5OS/c1-15-5-12-26-17(15)14-23-7-2-3-16(13-23)21-18-4-6-20-19(22-18)24-8-10-25-11-9-24/h4-6,12,16H,2-3,7-11,13-14H2,1H3,(H,20,21,22). The Hall–Kier alpha value is -1.70. The van der Waals surface area contributed by atoms with E-state index in [1.807, 2.05) is 23.6 Å². The molecule has 0 amide bonds. The van der Waals surface area contributed by atoms with Crippen molar-refractivity contribution in [1.82, 2.24) is 14.9 Å². The zero-order chi connectivity index (χ0) is 17.8. The number of aromatic nitrogens is 2. The van der Waals surface area contributed by atoms with Crippen molar-refractivity contribution in [2.45, 2.75) is 32.4 Å². The van der Waals surface area contributed by atoms with Crippen LogP contribution in [0, 0.1) is 6.92 Å². The lowest BCUT2D eigenvalue weighted by Gasteiger charge is -2.33. The van der Waals surface area contributed by atoms with Gasteiger partial charge in [0.1, 0.15) is 5.82 Å². The predicted octanol–water partition coefficient (Wildman–Crippen LogP) is 2.76. The normalized spacial score (nSPS) is 21.7. The fourth-order valence-corrected chi connectivity index (χ4v) is 4.59. The van der Waals surface area contributed by atoms with Crippen molar-refractivity contribution in [3.05, 3.63) is 34.2 Å². The number of thiophene rings is 1. The lowest BCUT2D eigenvalue weighted by molar-refractivity contribution is 0.122. The number of morpholine rings is 1. The largest absolute Gasteiger partial charge is 0.378 e. The van der Waals surface area contributed by atoms with E-state index in [1.54, 1.807) is 0 Å². The molecule has 4 heterocycles. The molecule has 2 aliphatic heterocycles. The van der Waals surface area contributed by atoms with Crippen molar-refractivity contribution >= 4 is 23.1 Å². The molecule has 6 nitrogen and oxygen atoms in total. The Labute approximate surface area is 159 Å². The molecule has 1 atom stereocenters. The topological polar surface area (TPSA) is 53.5 Å². The first-order chi connectivity index (χ1) is 12.8. The summed E-state index contributed by atoms with van der Waals surface area (Å²) in [6.07, 6.45) is 4.27. The van der Waals surface area contributed by atoms with Crippen LogP contribution in [-0.2, 0) is 11.3 Å². The number of nitrogens with zero attached hydrogens (tertiary/aromatic N) is 4. The number of anilines is 2. The summed E-state index contributed by atoms with van der Waals surface area (Å²) in [6.45, 7) is 8.74. The molecule has 0 spiro atoms. The van der Waals surface area contributed by atoms with Crippen LogP contribution in [0.25, 0.3) is 0 Å². The molecule has 2 fully saturated rings. The Morgan fingerprint density at radius 2 is 2.15 bits per heavy atom. The van der Waals surface area contributed by atoms with E-state index in [0.29, 0.717) is 6.04 Å². The third kappa shape index (κ3) is 4.34. The van der Waals surface area contributed by atoms with Gasteiger partial charge in [0.25, 0.3) is 0 Å². The molecule has 1 N–H and O–H groups in total. The van der Waals surface area contributed by atoms with Gasteiger partial charge in [0.15, 0.2) is 0 Å². The molecule has 2 aliphatic rings. The van der Waals surface area contributed by atoms with E-state index in [4.69, 9.17) is 9.72 Å². The summed E-state index contributed by atoms with van der Waals surface area (Å²) < 4.78 is 5.42. The SMILES string of the molecule is Cc1ccsc1CN1CCCC(Nc2ccnc(N3CCOCC3)n2)C1. The smallest absolute Gasteiger partial charge is 0.227 e. The number of nitrogens with one attached hydrogen (secondary N) is 1. The number of hydrogen-bond acceptors (Lipinski definition) is 7. The second kappa shape index (κ2) is 8.33. The molecule has 4 rings (SSSR count). The van der Waals surface area contributed by atoms with E-state index in [1.165, 1.54) is 29.8 Å². The molecule has 140 valence electrons. The summed E-state index contributed by atoms with van der Waals surface area (Å²) >= 11 is 1.87. The molecule has 7 heteroatoms. The lowest BCUT2D eigenvalue weighted by atomic mass is 10.1. The van der Waals surface area contributed by atoms with E-state index in [9.17, 15) is 0 Å². The molecular formula is C19H27N5OS. The molecule has 26 heavy (non-hydrogen) atoms. The summed E-state index contributed by atoms with van der Waals surface area (Å²) in [4.78, 5) is 15.4. The van der Waals surface area contributed by atoms with Crippen LogP contribution >= 0.6 is 11.3 Å². The summed E-state index contributed by atoms with van der Waals surface area (Å²) in [5, 5.41) is 5.83. The Morgan fingerprint density at radius 1 is 1.27 bits per heavy atom. The van der Waals surface area contributed by atoms with E-state index in [0.717, 1.165) is 51.2 Å². The third-order valence-corrected chi connectivity index (χ3v) is 6.14.